The van der Waals surface area contributed by atoms with Gasteiger partial charge in [-0.1, -0.05) is 24.6 Å². The van der Waals surface area contributed by atoms with E-state index in [-0.39, 0.29) is 0 Å². The van der Waals surface area contributed by atoms with Gasteiger partial charge in [0.05, 0.1) is 0 Å². The summed E-state index contributed by atoms with van der Waals surface area (Å²) in [5, 5.41) is 29.9. The number of nitrogens with two attached hydrogens (primary N) is 1. The molecule has 0 saturated heterocycles. The molecule has 1 aromatic carbocycles. The average molecular weight is 359 g/mol. The van der Waals surface area contributed by atoms with Crippen LogP contribution in [0.5, 0.6) is 0 Å². The van der Waals surface area contributed by atoms with E-state index in [4.69, 9.17) is 5.73 Å². The van der Waals surface area contributed by atoms with E-state index in [1.165, 1.54) is 0 Å². The van der Waals surface area contributed by atoms with E-state index in [9.17, 15) is 15.2 Å². The lowest BCUT2D eigenvalue weighted by atomic mass is 9.91. The molecule has 2 amide bonds. The Balaban J connectivity index is 2.20. The molecule has 26 heavy (non-hydrogen) atoms. The Hall–Kier alpha value is -2.45. The first-order chi connectivity index (χ1) is 12.3. The van der Waals surface area contributed by atoms with Crippen molar-refractivity contribution in [1.29, 1.82) is 0 Å². The Bertz CT molecular complexity index is 759. The van der Waals surface area contributed by atoms with Gasteiger partial charge in [0.2, 0.25) is 5.71 Å². The molecule has 0 aromatic heterocycles. The van der Waals surface area contributed by atoms with Gasteiger partial charge in [-0.25, -0.2) is 10.2 Å². The van der Waals surface area contributed by atoms with Crippen LogP contribution < -0.4 is 11.2 Å². The minimum Gasteiger partial charge on any atom is -0.622 e. The first-order valence-electron chi connectivity index (χ1n) is 8.83. The summed E-state index contributed by atoms with van der Waals surface area (Å²) in [6.07, 6.45) is 3.41. The normalized spacial score (nSPS) is 27.7. The van der Waals surface area contributed by atoms with Crippen molar-refractivity contribution in [1.82, 2.24) is 10.5 Å². The van der Waals surface area contributed by atoms with Gasteiger partial charge in [-0.15, -0.1) is 5.06 Å². The molecular formula is C18H25N5O3. The molecule has 1 heterocycles. The third kappa shape index (κ3) is 2.75. The lowest BCUT2D eigenvalue weighted by Gasteiger charge is -2.35. The number of nitrogens with zero attached hydrogens (tertiary/aromatic N) is 3. The molecule has 8 heteroatoms. The summed E-state index contributed by atoms with van der Waals surface area (Å²) in [6.45, 7) is 3.61. The number of nitrogens with one attached hydrogen (secondary N) is 1. The van der Waals surface area contributed by atoms with Gasteiger partial charge in [-0.2, -0.15) is 9.84 Å². The number of hydrogen-bond acceptors (Lipinski definition) is 5. The molecule has 1 fully saturated rings. The fraction of sp³-hybridized carbons (Fsp3) is 0.500. The Morgan fingerprint density at radius 3 is 2.65 bits per heavy atom. The van der Waals surface area contributed by atoms with Crippen LogP contribution in [0.4, 0.5) is 4.79 Å². The minimum atomic E-state index is -1.35. The fourth-order valence-corrected chi connectivity index (χ4v) is 4.05. The summed E-state index contributed by atoms with van der Waals surface area (Å²) >= 11 is 0. The highest BCUT2D eigenvalue weighted by Crippen LogP contribution is 2.41. The number of benzene rings is 1. The predicted molar refractivity (Wildman–Crippen MR) is 97.9 cm³/mol. The first kappa shape index (κ1) is 18.3. The Morgan fingerprint density at radius 1 is 1.31 bits per heavy atom. The third-order valence-electron chi connectivity index (χ3n) is 5.25. The Morgan fingerprint density at radius 2 is 2.00 bits per heavy atom. The molecule has 3 rings (SSSR count). The van der Waals surface area contributed by atoms with Crippen molar-refractivity contribution in [3.63, 3.8) is 0 Å². The standard InChI is InChI=1S/C18H25N5O3/c1-17(2)15(13-9-5-3-6-10-13)22(25)18(23(17)26)12-8-4-7-11-14(18)20-21-16(19)24/h3,5-6,9-10,26H,4,7-8,11-12H2,1-2H3,(H3,19,21,24)/b20-14+. The van der Waals surface area contributed by atoms with Crippen LogP contribution in [0.3, 0.4) is 0 Å². The van der Waals surface area contributed by atoms with Crippen LogP contribution in [0.25, 0.3) is 0 Å². The number of rotatable bonds is 2. The van der Waals surface area contributed by atoms with E-state index in [0.29, 0.717) is 24.3 Å². The number of hydrazone groups is 1. The molecule has 2 aliphatic rings. The van der Waals surface area contributed by atoms with Crippen LogP contribution in [-0.4, -0.2) is 43.7 Å². The van der Waals surface area contributed by atoms with Crippen LogP contribution in [0.1, 0.15) is 51.5 Å². The summed E-state index contributed by atoms with van der Waals surface area (Å²) < 4.78 is 0.870. The lowest BCUT2D eigenvalue weighted by molar-refractivity contribution is -0.567. The van der Waals surface area contributed by atoms with Crippen molar-refractivity contribution in [2.75, 3.05) is 0 Å². The monoisotopic (exact) mass is 359 g/mol. The van der Waals surface area contributed by atoms with Crippen LogP contribution in [0, 0.1) is 5.21 Å². The summed E-state index contributed by atoms with van der Waals surface area (Å²) in [7, 11) is 0. The van der Waals surface area contributed by atoms with E-state index in [1.54, 1.807) is 13.8 Å². The van der Waals surface area contributed by atoms with Crippen molar-refractivity contribution in [2.45, 2.75) is 57.2 Å². The molecule has 1 saturated carbocycles. The van der Waals surface area contributed by atoms with Crippen molar-refractivity contribution in [3.05, 3.63) is 41.1 Å². The molecular weight excluding hydrogens is 334 g/mol. The number of hydroxylamine groups is 3. The largest absolute Gasteiger partial charge is 0.622 e. The van der Waals surface area contributed by atoms with E-state index >= 15 is 0 Å². The zero-order chi connectivity index (χ0) is 18.9. The number of carbonyl (C=O) groups is 1. The highest BCUT2D eigenvalue weighted by atomic mass is 16.6. The minimum absolute atomic E-state index is 0.409. The van der Waals surface area contributed by atoms with Gasteiger partial charge >= 0.3 is 6.03 Å². The number of urea groups is 1. The van der Waals surface area contributed by atoms with E-state index in [2.05, 4.69) is 10.5 Å². The SMILES string of the molecule is CC1(C)C(c2ccccc2)=[N+]([O-])C2(CCCCC/C2=N\NC(N)=O)N1O. The summed E-state index contributed by atoms with van der Waals surface area (Å²) in [5.41, 5.74) is 6.73. The third-order valence-corrected chi connectivity index (χ3v) is 5.25. The van der Waals surface area contributed by atoms with Gasteiger partial charge in [0.1, 0.15) is 11.3 Å². The van der Waals surface area contributed by atoms with Crippen molar-refractivity contribution in [2.24, 2.45) is 10.8 Å². The highest BCUT2D eigenvalue weighted by molar-refractivity contribution is 6.07. The van der Waals surface area contributed by atoms with Crippen LogP contribution in [0.2, 0.25) is 0 Å². The second-order valence-electron chi connectivity index (χ2n) is 7.29. The van der Waals surface area contributed by atoms with E-state index < -0.39 is 17.2 Å². The van der Waals surface area contributed by atoms with Crippen molar-refractivity contribution in [3.8, 4) is 0 Å². The quantitative estimate of drug-likeness (QED) is 0.426. The van der Waals surface area contributed by atoms with Gasteiger partial charge < -0.3 is 16.1 Å². The maximum Gasteiger partial charge on any atom is 0.332 e. The molecule has 1 aliphatic carbocycles. The molecule has 1 aliphatic heterocycles. The maximum absolute atomic E-state index is 13.6. The molecule has 0 bridgehead atoms. The average Bonchev–Trinajstić information content (AvgIpc) is 2.77. The molecule has 140 valence electrons. The summed E-state index contributed by atoms with van der Waals surface area (Å²) in [5.74, 6) is 0. The van der Waals surface area contributed by atoms with Crippen molar-refractivity contribution >= 4 is 17.5 Å². The zero-order valence-electron chi connectivity index (χ0n) is 15.1. The smallest absolute Gasteiger partial charge is 0.332 e. The van der Waals surface area contributed by atoms with Gasteiger partial charge in [0, 0.05) is 12.0 Å². The van der Waals surface area contributed by atoms with Crippen LogP contribution in [0.15, 0.2) is 35.4 Å². The summed E-state index contributed by atoms with van der Waals surface area (Å²) in [4.78, 5) is 11.1. The zero-order valence-corrected chi connectivity index (χ0v) is 15.1. The van der Waals surface area contributed by atoms with Gasteiger partial charge in [-0.05, 0) is 45.2 Å². The number of hydrogen-bond donors (Lipinski definition) is 3. The molecule has 4 N–H and O–H groups in total. The van der Waals surface area contributed by atoms with Gasteiger partial charge in [0.25, 0.3) is 5.66 Å². The van der Waals surface area contributed by atoms with Crippen LogP contribution >= 0.6 is 0 Å². The molecule has 1 atom stereocenters. The second-order valence-corrected chi connectivity index (χ2v) is 7.29. The topological polar surface area (TPSA) is 117 Å². The van der Waals surface area contributed by atoms with Crippen molar-refractivity contribution < 1.29 is 14.7 Å². The highest BCUT2D eigenvalue weighted by Gasteiger charge is 2.64. The molecule has 1 unspecified atom stereocenters. The summed E-state index contributed by atoms with van der Waals surface area (Å²) in [6, 6.07) is 8.49. The second kappa shape index (κ2) is 6.69. The maximum atomic E-state index is 13.6. The van der Waals surface area contributed by atoms with E-state index in [1.807, 2.05) is 30.3 Å². The molecule has 0 radical (unpaired) electrons. The number of primary amides is 1. The van der Waals surface area contributed by atoms with Gasteiger partial charge in [-0.3, -0.25) is 0 Å². The molecule has 8 nitrogen and oxygen atoms in total. The number of amides is 2. The Labute approximate surface area is 152 Å². The first-order valence-corrected chi connectivity index (χ1v) is 8.83. The predicted octanol–water partition coefficient (Wildman–Crippen LogP) is 2.15. The Kier molecular flexibility index (Phi) is 4.72. The molecule has 1 aromatic rings. The lowest BCUT2D eigenvalue weighted by Crippen LogP contribution is -2.59. The number of carbonyl (C=O) groups excluding carboxylic acids is 1. The fourth-order valence-electron chi connectivity index (χ4n) is 4.05. The van der Waals surface area contributed by atoms with Crippen LogP contribution in [-0.2, 0) is 0 Å². The molecule has 1 spiro atoms. The van der Waals surface area contributed by atoms with E-state index in [0.717, 1.165) is 34.6 Å². The van der Waals surface area contributed by atoms with Gasteiger partial charge in [0.15, 0.2) is 0 Å².